The van der Waals surface area contributed by atoms with Crippen molar-refractivity contribution in [2.45, 2.75) is 44.7 Å². The Balaban J connectivity index is 2.06. The zero-order valence-electron chi connectivity index (χ0n) is 23.6. The number of anilines is 1. The highest BCUT2D eigenvalue weighted by atomic mass is 32.2. The van der Waals surface area contributed by atoms with E-state index in [-0.39, 0.29) is 17.3 Å². The molecule has 40 heavy (non-hydrogen) atoms. The van der Waals surface area contributed by atoms with Crippen molar-refractivity contribution in [2.75, 3.05) is 31.6 Å². The summed E-state index contributed by atoms with van der Waals surface area (Å²) in [5.41, 5.74) is 1.94. The highest BCUT2D eigenvalue weighted by molar-refractivity contribution is 7.92. The number of ether oxygens (including phenoxy) is 2. The van der Waals surface area contributed by atoms with Crippen LogP contribution < -0.4 is 19.1 Å². The maximum absolute atomic E-state index is 14.0. The Labute approximate surface area is 236 Å². The average Bonchev–Trinajstić information content (AvgIpc) is 2.96. The van der Waals surface area contributed by atoms with Gasteiger partial charge in [0.1, 0.15) is 24.1 Å². The number of nitrogens with one attached hydrogen (secondary N) is 1. The van der Waals surface area contributed by atoms with Gasteiger partial charge in [-0.3, -0.25) is 13.9 Å². The Kier molecular flexibility index (Phi) is 10.6. The van der Waals surface area contributed by atoms with E-state index < -0.39 is 28.5 Å². The molecule has 3 aromatic rings. The van der Waals surface area contributed by atoms with Gasteiger partial charge >= 0.3 is 0 Å². The molecule has 0 aliphatic rings. The number of hydrogen-bond donors (Lipinski definition) is 1. The summed E-state index contributed by atoms with van der Waals surface area (Å²) in [5, 5.41) is 2.62. The highest BCUT2D eigenvalue weighted by Gasteiger charge is 2.33. The third-order valence-electron chi connectivity index (χ3n) is 6.44. The fraction of sp³-hybridized carbons (Fsp3) is 0.333. The van der Waals surface area contributed by atoms with Crippen molar-refractivity contribution in [3.8, 4) is 11.5 Å². The smallest absolute Gasteiger partial charge is 0.264 e. The topological polar surface area (TPSA) is 105 Å². The maximum atomic E-state index is 14.0. The van der Waals surface area contributed by atoms with Gasteiger partial charge in [0.2, 0.25) is 11.8 Å². The second-order valence-electron chi connectivity index (χ2n) is 9.16. The van der Waals surface area contributed by atoms with Gasteiger partial charge in [-0.1, -0.05) is 36.8 Å². The molecule has 0 bridgehead atoms. The number of aryl methyl sites for hydroxylation is 1. The lowest BCUT2D eigenvalue weighted by Gasteiger charge is -2.33. The van der Waals surface area contributed by atoms with Crippen molar-refractivity contribution in [2.24, 2.45) is 0 Å². The first-order valence-electron chi connectivity index (χ1n) is 13.1. The summed E-state index contributed by atoms with van der Waals surface area (Å²) in [7, 11) is -1.09. The second kappa shape index (κ2) is 13.8. The molecule has 3 aromatic carbocycles. The van der Waals surface area contributed by atoms with Crippen molar-refractivity contribution in [3.63, 3.8) is 0 Å². The number of carbonyl (C=O) groups is 2. The number of rotatable bonds is 13. The minimum atomic E-state index is -4.14. The Hall–Kier alpha value is -4.05. The Morgan fingerprint density at radius 1 is 0.950 bits per heavy atom. The molecular formula is C30H37N3O6S. The summed E-state index contributed by atoms with van der Waals surface area (Å²) >= 11 is 0. The second-order valence-corrected chi connectivity index (χ2v) is 11.0. The maximum Gasteiger partial charge on any atom is 0.264 e. The number of sulfonamides is 1. The zero-order valence-corrected chi connectivity index (χ0v) is 24.4. The van der Waals surface area contributed by atoms with Crippen molar-refractivity contribution >= 4 is 27.5 Å². The molecule has 0 unspecified atom stereocenters. The van der Waals surface area contributed by atoms with Crippen LogP contribution in [0.3, 0.4) is 0 Å². The molecule has 0 heterocycles. The van der Waals surface area contributed by atoms with E-state index in [1.165, 1.54) is 24.1 Å². The van der Waals surface area contributed by atoms with E-state index in [1.807, 2.05) is 19.9 Å². The van der Waals surface area contributed by atoms with Gasteiger partial charge in [-0.25, -0.2) is 8.42 Å². The SMILES string of the molecule is CCOc1ccc(N(CC(=O)N(Cc2cccc(OC)c2)[C@H](CC)C(=O)NC)S(=O)(=O)c2ccc(C)cc2)cc1. The lowest BCUT2D eigenvalue weighted by Crippen LogP contribution is -2.51. The standard InChI is InChI=1S/C30H37N3O6S/c1-6-28(30(35)31-4)32(20-23-9-8-10-26(19-23)38-5)29(34)21-33(24-13-15-25(16-14-24)39-7-2)40(36,37)27-17-11-22(3)12-18-27/h8-19,28H,6-7,20-21H2,1-5H3,(H,31,35)/t28-/m1/s1. The van der Waals surface area contributed by atoms with E-state index in [4.69, 9.17) is 9.47 Å². The van der Waals surface area contributed by atoms with Crippen LogP contribution in [0.5, 0.6) is 11.5 Å². The number of benzene rings is 3. The van der Waals surface area contributed by atoms with Crippen molar-refractivity contribution in [3.05, 3.63) is 83.9 Å². The fourth-order valence-corrected chi connectivity index (χ4v) is 5.71. The number of hydrogen-bond acceptors (Lipinski definition) is 6. The molecule has 214 valence electrons. The van der Waals surface area contributed by atoms with Crippen molar-refractivity contribution < 1.29 is 27.5 Å². The summed E-state index contributed by atoms with van der Waals surface area (Å²) in [6, 6.07) is 19.4. The third kappa shape index (κ3) is 7.32. The van der Waals surface area contributed by atoms with Gasteiger partial charge in [-0.15, -0.1) is 0 Å². The first-order chi connectivity index (χ1) is 19.1. The van der Waals surface area contributed by atoms with Crippen LogP contribution in [0.4, 0.5) is 5.69 Å². The number of nitrogens with zero attached hydrogens (tertiary/aromatic N) is 2. The Bertz CT molecular complexity index is 1390. The minimum absolute atomic E-state index is 0.0532. The molecule has 10 heteroatoms. The van der Waals surface area contributed by atoms with E-state index in [1.54, 1.807) is 68.6 Å². The molecule has 9 nitrogen and oxygen atoms in total. The molecule has 2 amide bonds. The number of carbonyl (C=O) groups excluding carboxylic acids is 2. The van der Waals surface area contributed by atoms with Crippen LogP contribution in [-0.4, -0.2) is 58.5 Å². The van der Waals surface area contributed by atoms with Crippen LogP contribution in [0.25, 0.3) is 0 Å². The normalized spacial score (nSPS) is 11.8. The molecule has 1 N–H and O–H groups in total. The summed E-state index contributed by atoms with van der Waals surface area (Å²) in [5.74, 6) is 0.321. The van der Waals surface area contributed by atoms with Crippen molar-refractivity contribution in [1.29, 1.82) is 0 Å². The van der Waals surface area contributed by atoms with Crippen LogP contribution in [0.1, 0.15) is 31.4 Å². The first kappa shape index (κ1) is 30.5. The highest BCUT2D eigenvalue weighted by Crippen LogP contribution is 2.27. The fourth-order valence-electron chi connectivity index (χ4n) is 4.30. The quantitative estimate of drug-likeness (QED) is 0.333. The van der Waals surface area contributed by atoms with Gasteiger partial charge in [0, 0.05) is 13.6 Å². The predicted octanol–water partition coefficient (Wildman–Crippen LogP) is 4.15. The molecule has 0 saturated carbocycles. The summed E-state index contributed by atoms with van der Waals surface area (Å²) in [6.07, 6.45) is 0.336. The summed E-state index contributed by atoms with van der Waals surface area (Å²) in [4.78, 5) is 28.3. The molecule has 0 aliphatic heterocycles. The number of likely N-dealkylation sites (N-methyl/N-ethyl adjacent to an activating group) is 1. The Morgan fingerprint density at radius 3 is 2.20 bits per heavy atom. The molecule has 0 saturated heterocycles. The first-order valence-corrected chi connectivity index (χ1v) is 14.5. The van der Waals surface area contributed by atoms with Gasteiger partial charge in [-0.05, 0) is 74.4 Å². The Morgan fingerprint density at radius 2 is 1.62 bits per heavy atom. The number of amides is 2. The van der Waals surface area contributed by atoms with E-state index in [0.29, 0.717) is 30.2 Å². The van der Waals surface area contributed by atoms with Gasteiger partial charge < -0.3 is 19.7 Å². The van der Waals surface area contributed by atoms with E-state index in [9.17, 15) is 18.0 Å². The molecule has 0 fully saturated rings. The zero-order chi connectivity index (χ0) is 29.3. The predicted molar refractivity (Wildman–Crippen MR) is 155 cm³/mol. The van der Waals surface area contributed by atoms with Crippen LogP contribution in [0, 0.1) is 6.92 Å². The molecule has 0 aromatic heterocycles. The van der Waals surface area contributed by atoms with Gasteiger partial charge in [0.25, 0.3) is 10.0 Å². The van der Waals surface area contributed by atoms with Crippen LogP contribution in [0.2, 0.25) is 0 Å². The summed E-state index contributed by atoms with van der Waals surface area (Å²) in [6.45, 7) is 5.56. The van der Waals surface area contributed by atoms with E-state index in [0.717, 1.165) is 15.4 Å². The summed E-state index contributed by atoms with van der Waals surface area (Å²) < 4.78 is 39.7. The monoisotopic (exact) mass is 567 g/mol. The molecular weight excluding hydrogens is 530 g/mol. The number of methoxy groups -OCH3 is 1. The van der Waals surface area contributed by atoms with Gasteiger partial charge in [-0.2, -0.15) is 0 Å². The van der Waals surface area contributed by atoms with Crippen LogP contribution in [0.15, 0.2) is 77.7 Å². The van der Waals surface area contributed by atoms with Crippen LogP contribution >= 0.6 is 0 Å². The molecule has 0 radical (unpaired) electrons. The van der Waals surface area contributed by atoms with E-state index in [2.05, 4.69) is 5.32 Å². The third-order valence-corrected chi connectivity index (χ3v) is 8.23. The molecule has 0 spiro atoms. The van der Waals surface area contributed by atoms with Gasteiger partial charge in [0.05, 0.1) is 24.3 Å². The van der Waals surface area contributed by atoms with Crippen LogP contribution in [-0.2, 0) is 26.2 Å². The largest absolute Gasteiger partial charge is 0.497 e. The van der Waals surface area contributed by atoms with E-state index >= 15 is 0 Å². The van der Waals surface area contributed by atoms with Gasteiger partial charge in [0.15, 0.2) is 0 Å². The molecule has 3 rings (SSSR count). The van der Waals surface area contributed by atoms with Crippen molar-refractivity contribution in [1.82, 2.24) is 10.2 Å². The molecule has 1 atom stereocenters. The molecule has 0 aliphatic carbocycles. The minimum Gasteiger partial charge on any atom is -0.497 e. The lowest BCUT2D eigenvalue weighted by atomic mass is 10.1. The lowest BCUT2D eigenvalue weighted by molar-refractivity contribution is -0.140. The average molecular weight is 568 g/mol.